The summed E-state index contributed by atoms with van der Waals surface area (Å²) in [5.74, 6) is 1.24. The number of ether oxygens (including phenoxy) is 1. The fourth-order valence-electron chi connectivity index (χ4n) is 4.37. The number of sulfone groups is 1. The third-order valence-corrected chi connectivity index (χ3v) is 9.72. The topological polar surface area (TPSA) is 114 Å². The van der Waals surface area contributed by atoms with Crippen LogP contribution in [-0.4, -0.2) is 62.5 Å². The molecule has 0 unspecified atom stereocenters. The molecule has 2 saturated carbocycles. The maximum atomic E-state index is 13.3. The van der Waals surface area contributed by atoms with Crippen molar-refractivity contribution in [2.75, 3.05) is 43.1 Å². The van der Waals surface area contributed by atoms with E-state index in [1.54, 1.807) is 12.1 Å². The SMILES string of the molecule is CCCNC(=O)Nc1ccc(-c2nc(N3CCOCC3)cc(C3(S(=O)(=O)C4CC4)CC3)n2)cc1. The van der Waals surface area contributed by atoms with Gasteiger partial charge in [-0.15, -0.1) is 0 Å². The third kappa shape index (κ3) is 4.48. The van der Waals surface area contributed by atoms with Crippen LogP contribution < -0.4 is 15.5 Å². The highest BCUT2D eigenvalue weighted by molar-refractivity contribution is 7.93. The lowest BCUT2D eigenvalue weighted by atomic mass is 10.1. The number of anilines is 2. The van der Waals surface area contributed by atoms with Crippen molar-refractivity contribution in [1.82, 2.24) is 15.3 Å². The molecule has 182 valence electrons. The second-order valence-electron chi connectivity index (χ2n) is 9.23. The number of hydrogen-bond acceptors (Lipinski definition) is 7. The van der Waals surface area contributed by atoms with Gasteiger partial charge in [-0.3, -0.25) is 0 Å². The van der Waals surface area contributed by atoms with Gasteiger partial charge in [-0.1, -0.05) is 6.92 Å². The highest BCUT2D eigenvalue weighted by Gasteiger charge is 2.61. The number of urea groups is 1. The average Bonchev–Trinajstić information content (AvgIpc) is 3.77. The molecule has 2 heterocycles. The fourth-order valence-corrected chi connectivity index (χ4v) is 6.83. The maximum absolute atomic E-state index is 13.3. The van der Waals surface area contributed by atoms with Crippen molar-refractivity contribution >= 4 is 27.4 Å². The van der Waals surface area contributed by atoms with Crippen LogP contribution in [0.4, 0.5) is 16.3 Å². The van der Waals surface area contributed by atoms with Gasteiger partial charge in [-0.05, 0) is 56.4 Å². The maximum Gasteiger partial charge on any atom is 0.319 e. The smallest absolute Gasteiger partial charge is 0.319 e. The van der Waals surface area contributed by atoms with E-state index in [2.05, 4.69) is 15.5 Å². The minimum absolute atomic E-state index is 0.232. The van der Waals surface area contributed by atoms with Crippen LogP contribution in [0.15, 0.2) is 30.3 Å². The first-order valence-electron chi connectivity index (χ1n) is 12.0. The molecule has 0 spiro atoms. The van der Waals surface area contributed by atoms with E-state index < -0.39 is 14.6 Å². The molecule has 5 rings (SSSR count). The van der Waals surface area contributed by atoms with Gasteiger partial charge < -0.3 is 20.3 Å². The average molecular weight is 486 g/mol. The molecule has 2 amide bonds. The van der Waals surface area contributed by atoms with Crippen molar-refractivity contribution in [1.29, 1.82) is 0 Å². The van der Waals surface area contributed by atoms with Crippen molar-refractivity contribution in [3.05, 3.63) is 36.0 Å². The molecule has 2 aromatic rings. The van der Waals surface area contributed by atoms with Crippen molar-refractivity contribution < 1.29 is 17.9 Å². The lowest BCUT2D eigenvalue weighted by molar-refractivity contribution is 0.122. The Bertz CT molecular complexity index is 1150. The van der Waals surface area contributed by atoms with Crippen molar-refractivity contribution in [3.63, 3.8) is 0 Å². The number of hydrogen-bond donors (Lipinski definition) is 2. The molecule has 2 N–H and O–H groups in total. The monoisotopic (exact) mass is 485 g/mol. The largest absolute Gasteiger partial charge is 0.378 e. The van der Waals surface area contributed by atoms with Crippen LogP contribution in [-0.2, 0) is 19.3 Å². The van der Waals surface area contributed by atoms with Crippen LogP contribution in [0.5, 0.6) is 0 Å². The van der Waals surface area contributed by atoms with Crippen LogP contribution in [0.1, 0.15) is 44.7 Å². The summed E-state index contributed by atoms with van der Waals surface area (Å²) in [5, 5.41) is 5.36. The van der Waals surface area contributed by atoms with Gasteiger partial charge in [-0.2, -0.15) is 0 Å². The molecule has 3 aliphatic rings. The Kier molecular flexibility index (Phi) is 6.20. The molecule has 1 aromatic heterocycles. The summed E-state index contributed by atoms with van der Waals surface area (Å²) in [6.45, 7) is 5.24. The first-order valence-corrected chi connectivity index (χ1v) is 13.6. The van der Waals surface area contributed by atoms with Crippen molar-refractivity contribution in [3.8, 4) is 11.4 Å². The zero-order valence-corrected chi connectivity index (χ0v) is 20.2. The van der Waals surface area contributed by atoms with Gasteiger partial charge in [0.2, 0.25) is 0 Å². The Labute approximate surface area is 200 Å². The number of amides is 2. The predicted molar refractivity (Wildman–Crippen MR) is 131 cm³/mol. The van der Waals surface area contributed by atoms with Crippen molar-refractivity contribution in [2.24, 2.45) is 0 Å². The highest BCUT2D eigenvalue weighted by atomic mass is 32.2. The Morgan fingerprint density at radius 1 is 1.15 bits per heavy atom. The molecule has 3 fully saturated rings. The number of rotatable bonds is 8. The third-order valence-electron chi connectivity index (χ3n) is 6.66. The minimum Gasteiger partial charge on any atom is -0.378 e. The van der Waals surface area contributed by atoms with Gasteiger partial charge in [-0.25, -0.2) is 23.2 Å². The van der Waals surface area contributed by atoms with Gasteiger partial charge in [0.15, 0.2) is 15.7 Å². The Balaban J connectivity index is 1.47. The number of morpholine rings is 1. The lowest BCUT2D eigenvalue weighted by Gasteiger charge is -2.29. The second-order valence-corrected chi connectivity index (χ2v) is 11.8. The summed E-state index contributed by atoms with van der Waals surface area (Å²) in [4.78, 5) is 23.7. The molecule has 0 bridgehead atoms. The quantitative estimate of drug-likeness (QED) is 0.591. The standard InChI is InChI=1S/C24H31N5O4S/c1-2-11-25-23(30)26-18-5-3-17(4-6-18)22-27-20(16-21(28-22)29-12-14-33-15-13-29)24(9-10-24)34(31,32)19-7-8-19/h3-6,16,19H,2,7-15H2,1H3,(H2,25,26,30). The second kappa shape index (κ2) is 9.14. The zero-order valence-electron chi connectivity index (χ0n) is 19.4. The van der Waals surface area contributed by atoms with E-state index in [1.165, 1.54) is 0 Å². The van der Waals surface area contributed by atoms with Gasteiger partial charge in [0, 0.05) is 37.0 Å². The Morgan fingerprint density at radius 2 is 1.85 bits per heavy atom. The van der Waals surface area contributed by atoms with E-state index in [0.29, 0.717) is 62.9 Å². The lowest BCUT2D eigenvalue weighted by Crippen LogP contribution is -2.37. The molecule has 0 radical (unpaired) electrons. The number of nitrogens with zero attached hydrogens (tertiary/aromatic N) is 3. The zero-order chi connectivity index (χ0) is 23.8. The molecule has 10 heteroatoms. The molecular weight excluding hydrogens is 454 g/mol. The first-order chi connectivity index (χ1) is 16.4. The van der Waals surface area contributed by atoms with Crippen LogP contribution in [0, 0.1) is 0 Å². The van der Waals surface area contributed by atoms with Crippen LogP contribution in [0.25, 0.3) is 11.4 Å². The molecule has 1 aliphatic heterocycles. The van der Waals surface area contributed by atoms with Crippen LogP contribution in [0.2, 0.25) is 0 Å². The number of nitrogens with one attached hydrogen (secondary N) is 2. The molecule has 9 nitrogen and oxygen atoms in total. The number of carbonyl (C=O) groups is 1. The summed E-state index contributed by atoms with van der Waals surface area (Å²) in [7, 11) is -3.27. The highest BCUT2D eigenvalue weighted by Crippen LogP contribution is 2.57. The molecule has 1 saturated heterocycles. The summed E-state index contributed by atoms with van der Waals surface area (Å²) in [6, 6.07) is 8.94. The van der Waals surface area contributed by atoms with Gasteiger partial charge in [0.1, 0.15) is 10.6 Å². The normalized spacial score (nSPS) is 19.5. The molecule has 34 heavy (non-hydrogen) atoms. The Morgan fingerprint density at radius 3 is 2.47 bits per heavy atom. The van der Waals surface area contributed by atoms with Crippen molar-refractivity contribution in [2.45, 2.75) is 49.0 Å². The summed E-state index contributed by atoms with van der Waals surface area (Å²) < 4.78 is 31.2. The summed E-state index contributed by atoms with van der Waals surface area (Å²) >= 11 is 0. The van der Waals surface area contributed by atoms with Gasteiger partial charge in [0.05, 0.1) is 24.2 Å². The van der Waals surface area contributed by atoms with Gasteiger partial charge >= 0.3 is 6.03 Å². The predicted octanol–water partition coefficient (Wildman–Crippen LogP) is 3.08. The summed E-state index contributed by atoms with van der Waals surface area (Å²) in [5.41, 5.74) is 2.04. The van der Waals surface area contributed by atoms with Crippen LogP contribution >= 0.6 is 0 Å². The van der Waals surface area contributed by atoms with E-state index in [1.807, 2.05) is 25.1 Å². The molecule has 2 aliphatic carbocycles. The van der Waals surface area contributed by atoms with E-state index in [4.69, 9.17) is 14.7 Å². The summed E-state index contributed by atoms with van der Waals surface area (Å²) in [6.07, 6.45) is 3.59. The van der Waals surface area contributed by atoms with E-state index in [0.717, 1.165) is 30.6 Å². The van der Waals surface area contributed by atoms with Crippen LogP contribution in [0.3, 0.4) is 0 Å². The molecular formula is C24H31N5O4S. The minimum atomic E-state index is -3.27. The number of carbonyl (C=O) groups excluding carboxylic acids is 1. The van der Waals surface area contributed by atoms with E-state index in [9.17, 15) is 13.2 Å². The first kappa shape index (κ1) is 23.0. The Hall–Kier alpha value is -2.72. The fraction of sp³-hybridized carbons (Fsp3) is 0.542. The van der Waals surface area contributed by atoms with E-state index in [-0.39, 0.29) is 11.3 Å². The molecule has 0 atom stereocenters. The number of benzene rings is 1. The number of aromatic nitrogens is 2. The van der Waals surface area contributed by atoms with E-state index >= 15 is 0 Å². The molecule has 1 aromatic carbocycles. The van der Waals surface area contributed by atoms with Gasteiger partial charge in [0.25, 0.3) is 0 Å².